The summed E-state index contributed by atoms with van der Waals surface area (Å²) in [6.07, 6.45) is 0. The number of benzene rings is 4. The molecule has 0 bridgehead atoms. The Morgan fingerprint density at radius 1 is 0.633 bits per heavy atom. The number of para-hydroxylation sites is 3. The van der Waals surface area contributed by atoms with Gasteiger partial charge in [0.05, 0.1) is 22.2 Å². The van der Waals surface area contributed by atoms with Gasteiger partial charge >= 0.3 is 0 Å². The molecule has 6 rings (SSSR count). The quantitative estimate of drug-likeness (QED) is 0.306. The number of fused-ring (bicyclic) bond motifs is 4. The van der Waals surface area contributed by atoms with Crippen LogP contribution in [0.5, 0.6) is 0 Å². The van der Waals surface area contributed by atoms with Crippen LogP contribution in [-0.2, 0) is 0 Å². The first-order valence-corrected chi connectivity index (χ1v) is 10.3. The fraction of sp³-hybridized carbons (Fsp3) is 0.0357. The van der Waals surface area contributed by atoms with E-state index in [1.54, 1.807) is 0 Å². The predicted octanol–water partition coefficient (Wildman–Crippen LogP) is 7.31. The lowest BCUT2D eigenvalue weighted by molar-refractivity contribution is 1.18. The van der Waals surface area contributed by atoms with E-state index in [1.165, 1.54) is 44.0 Å². The van der Waals surface area contributed by atoms with Gasteiger partial charge in [0.2, 0.25) is 0 Å². The predicted molar refractivity (Wildman–Crippen MR) is 126 cm³/mol. The van der Waals surface area contributed by atoms with E-state index in [0.717, 1.165) is 11.2 Å². The maximum Gasteiger partial charge on any atom is 0.0719 e. The van der Waals surface area contributed by atoms with Gasteiger partial charge in [0.15, 0.2) is 0 Å². The Hall–Kier alpha value is -3.91. The minimum absolute atomic E-state index is 1.02. The lowest BCUT2D eigenvalue weighted by atomic mass is 10.0. The van der Waals surface area contributed by atoms with E-state index in [4.69, 9.17) is 4.98 Å². The Bertz CT molecular complexity index is 1540. The number of nitrogens with zero attached hydrogens (tertiary/aromatic N) is 2. The van der Waals surface area contributed by atoms with Crippen LogP contribution in [-0.4, -0.2) is 9.55 Å². The van der Waals surface area contributed by atoms with Gasteiger partial charge in [0, 0.05) is 27.4 Å². The standard InChI is InChI=1S/C28H20N2/c1-19-18-25(29-24-15-7-5-12-21(19)24)22-14-9-17-27-28(22)23-13-6-8-16-26(23)30(27)20-10-3-2-4-11-20/h2-18H,1H3. The van der Waals surface area contributed by atoms with Crippen LogP contribution in [0, 0.1) is 6.92 Å². The molecule has 2 nitrogen and oxygen atoms in total. The molecule has 2 aromatic heterocycles. The van der Waals surface area contributed by atoms with Gasteiger partial charge in [-0.25, -0.2) is 4.98 Å². The largest absolute Gasteiger partial charge is 0.309 e. The smallest absolute Gasteiger partial charge is 0.0719 e. The highest BCUT2D eigenvalue weighted by Gasteiger charge is 2.16. The van der Waals surface area contributed by atoms with Gasteiger partial charge in [-0.15, -0.1) is 0 Å². The van der Waals surface area contributed by atoms with Crippen molar-refractivity contribution in [2.45, 2.75) is 6.92 Å². The van der Waals surface area contributed by atoms with Crippen LogP contribution in [0.2, 0.25) is 0 Å². The van der Waals surface area contributed by atoms with Gasteiger partial charge in [-0.3, -0.25) is 0 Å². The molecule has 0 unspecified atom stereocenters. The molecule has 6 aromatic rings. The molecule has 0 fully saturated rings. The fourth-order valence-corrected chi connectivity index (χ4v) is 4.58. The summed E-state index contributed by atoms with van der Waals surface area (Å²) in [6, 6.07) is 36.3. The number of aromatic nitrogens is 2. The van der Waals surface area contributed by atoms with E-state index in [9.17, 15) is 0 Å². The van der Waals surface area contributed by atoms with Crippen LogP contribution in [0.3, 0.4) is 0 Å². The number of hydrogen-bond donors (Lipinski definition) is 0. The Labute approximate surface area is 175 Å². The number of pyridine rings is 1. The average Bonchev–Trinajstić information content (AvgIpc) is 3.14. The Balaban J connectivity index is 1.74. The van der Waals surface area contributed by atoms with E-state index in [1.807, 2.05) is 0 Å². The number of rotatable bonds is 2. The van der Waals surface area contributed by atoms with Gasteiger partial charge in [0.1, 0.15) is 0 Å². The van der Waals surface area contributed by atoms with Crippen LogP contribution < -0.4 is 0 Å². The topological polar surface area (TPSA) is 17.8 Å². The zero-order valence-electron chi connectivity index (χ0n) is 16.7. The van der Waals surface area contributed by atoms with Crippen LogP contribution >= 0.6 is 0 Å². The van der Waals surface area contributed by atoms with E-state index in [-0.39, 0.29) is 0 Å². The van der Waals surface area contributed by atoms with Gasteiger partial charge in [-0.05, 0) is 48.9 Å². The average molecular weight is 384 g/mol. The summed E-state index contributed by atoms with van der Waals surface area (Å²) in [5.41, 5.74) is 8.07. The first-order valence-electron chi connectivity index (χ1n) is 10.3. The highest BCUT2D eigenvalue weighted by molar-refractivity contribution is 6.15. The first-order chi connectivity index (χ1) is 14.8. The highest BCUT2D eigenvalue weighted by Crippen LogP contribution is 2.38. The third-order valence-corrected chi connectivity index (χ3v) is 5.91. The van der Waals surface area contributed by atoms with Crippen molar-refractivity contribution in [3.63, 3.8) is 0 Å². The molecular formula is C28H20N2. The lowest BCUT2D eigenvalue weighted by Gasteiger charge is -2.10. The fourth-order valence-electron chi connectivity index (χ4n) is 4.58. The molecule has 142 valence electrons. The molecule has 0 aliphatic heterocycles. The van der Waals surface area contributed by atoms with Crippen LogP contribution in [0.15, 0.2) is 103 Å². The second kappa shape index (κ2) is 6.57. The summed E-state index contributed by atoms with van der Waals surface area (Å²) in [6.45, 7) is 2.17. The maximum absolute atomic E-state index is 5.04. The normalized spacial score (nSPS) is 11.5. The van der Waals surface area contributed by atoms with E-state index in [0.29, 0.717) is 0 Å². The van der Waals surface area contributed by atoms with Crippen molar-refractivity contribution in [2.24, 2.45) is 0 Å². The van der Waals surface area contributed by atoms with Crippen molar-refractivity contribution in [3.8, 4) is 16.9 Å². The molecule has 0 aliphatic carbocycles. The minimum atomic E-state index is 1.02. The van der Waals surface area contributed by atoms with Gasteiger partial charge < -0.3 is 4.57 Å². The third kappa shape index (κ3) is 2.47. The summed E-state index contributed by atoms with van der Waals surface area (Å²) < 4.78 is 2.35. The zero-order valence-corrected chi connectivity index (χ0v) is 16.7. The van der Waals surface area contributed by atoms with Crippen LogP contribution in [0.25, 0.3) is 49.7 Å². The first kappa shape index (κ1) is 17.0. The Morgan fingerprint density at radius 2 is 1.33 bits per heavy atom. The van der Waals surface area contributed by atoms with Crippen molar-refractivity contribution < 1.29 is 0 Å². The van der Waals surface area contributed by atoms with Crippen molar-refractivity contribution in [3.05, 3.63) is 109 Å². The Morgan fingerprint density at radius 3 is 2.20 bits per heavy atom. The monoisotopic (exact) mass is 384 g/mol. The van der Waals surface area contributed by atoms with Crippen molar-refractivity contribution in [1.82, 2.24) is 9.55 Å². The van der Waals surface area contributed by atoms with E-state index < -0.39 is 0 Å². The molecule has 0 spiro atoms. The molecule has 4 aromatic carbocycles. The molecule has 2 heteroatoms. The van der Waals surface area contributed by atoms with Crippen LogP contribution in [0.1, 0.15) is 5.56 Å². The summed E-state index contributed by atoms with van der Waals surface area (Å²) >= 11 is 0. The van der Waals surface area contributed by atoms with E-state index in [2.05, 4.69) is 115 Å². The molecule has 30 heavy (non-hydrogen) atoms. The molecule has 0 atom stereocenters. The molecule has 2 heterocycles. The lowest BCUT2D eigenvalue weighted by Crippen LogP contribution is -1.93. The second-order valence-corrected chi connectivity index (χ2v) is 7.73. The minimum Gasteiger partial charge on any atom is -0.309 e. The number of aryl methyl sites for hydroxylation is 1. The summed E-state index contributed by atoms with van der Waals surface area (Å²) in [4.78, 5) is 5.04. The molecule has 0 radical (unpaired) electrons. The highest BCUT2D eigenvalue weighted by atomic mass is 15.0. The molecule has 0 saturated heterocycles. The maximum atomic E-state index is 5.04. The van der Waals surface area contributed by atoms with Crippen molar-refractivity contribution >= 4 is 32.7 Å². The Kier molecular flexibility index (Phi) is 3.72. The molecular weight excluding hydrogens is 364 g/mol. The SMILES string of the molecule is Cc1cc(-c2cccc3c2c2ccccc2n3-c2ccccc2)nc2ccccc12. The van der Waals surface area contributed by atoms with Crippen molar-refractivity contribution in [1.29, 1.82) is 0 Å². The van der Waals surface area contributed by atoms with Crippen LogP contribution in [0.4, 0.5) is 0 Å². The summed E-state index contributed by atoms with van der Waals surface area (Å²) in [5.74, 6) is 0. The van der Waals surface area contributed by atoms with E-state index >= 15 is 0 Å². The summed E-state index contributed by atoms with van der Waals surface area (Å²) in [7, 11) is 0. The van der Waals surface area contributed by atoms with Gasteiger partial charge in [-0.1, -0.05) is 66.7 Å². The molecule has 0 amide bonds. The van der Waals surface area contributed by atoms with Crippen molar-refractivity contribution in [2.75, 3.05) is 0 Å². The zero-order chi connectivity index (χ0) is 20.1. The van der Waals surface area contributed by atoms with Gasteiger partial charge in [0.25, 0.3) is 0 Å². The number of hydrogen-bond acceptors (Lipinski definition) is 1. The molecule has 0 saturated carbocycles. The summed E-state index contributed by atoms with van der Waals surface area (Å²) in [5, 5.41) is 3.71. The second-order valence-electron chi connectivity index (χ2n) is 7.73. The van der Waals surface area contributed by atoms with Gasteiger partial charge in [-0.2, -0.15) is 0 Å². The molecule has 0 aliphatic rings. The molecule has 0 N–H and O–H groups in total. The third-order valence-electron chi connectivity index (χ3n) is 5.91.